The minimum Gasteiger partial charge on any atom is -0.373 e. The maximum atomic E-state index is 13.0. The summed E-state index contributed by atoms with van der Waals surface area (Å²) in [5.74, 6) is -3.54. The van der Waals surface area contributed by atoms with Crippen LogP contribution in [-0.2, 0) is 9.53 Å². The molecular weight excluding hydrogens is 263 g/mol. The van der Waals surface area contributed by atoms with Gasteiger partial charge in [-0.1, -0.05) is 0 Å². The third-order valence-corrected chi connectivity index (χ3v) is 3.72. The summed E-state index contributed by atoms with van der Waals surface area (Å²) in [5, 5.41) is 8.55. The number of nitrogens with one attached hydrogen (secondary N) is 2. The maximum Gasteiger partial charge on any atom is 0.395 e. The van der Waals surface area contributed by atoms with Gasteiger partial charge < -0.3 is 10.1 Å². The zero-order valence-electron chi connectivity index (χ0n) is 9.78. The number of aromatic nitrogens is 2. The number of halogens is 3. The van der Waals surface area contributed by atoms with Gasteiger partial charge in [-0.3, -0.25) is 9.89 Å². The number of H-pyrrole nitrogens is 1. The van der Waals surface area contributed by atoms with Gasteiger partial charge in [-0.05, 0) is 12.8 Å². The summed E-state index contributed by atoms with van der Waals surface area (Å²) in [5.41, 5.74) is 0.355. The van der Waals surface area contributed by atoms with E-state index < -0.39 is 36.1 Å². The summed E-state index contributed by atoms with van der Waals surface area (Å²) in [6, 6.07) is 0. The van der Waals surface area contributed by atoms with Crippen molar-refractivity contribution in [3.63, 3.8) is 0 Å². The highest BCUT2D eigenvalue weighted by Crippen LogP contribution is 2.50. The minimum absolute atomic E-state index is 0.355. The highest BCUT2D eigenvalue weighted by molar-refractivity contribution is 5.93. The van der Waals surface area contributed by atoms with Gasteiger partial charge in [-0.15, -0.1) is 0 Å². The first-order valence-corrected chi connectivity index (χ1v) is 5.98. The molecule has 0 aliphatic carbocycles. The van der Waals surface area contributed by atoms with E-state index in [1.807, 2.05) is 0 Å². The number of ether oxygens (including phenoxy) is 1. The topological polar surface area (TPSA) is 67.0 Å². The van der Waals surface area contributed by atoms with Crippen molar-refractivity contribution in [3.05, 3.63) is 12.4 Å². The molecule has 1 aromatic rings. The van der Waals surface area contributed by atoms with Crippen molar-refractivity contribution in [3.8, 4) is 0 Å². The average molecular weight is 275 g/mol. The Hall–Kier alpha value is -1.57. The largest absolute Gasteiger partial charge is 0.395 e. The minimum atomic E-state index is -4.42. The predicted molar refractivity (Wildman–Crippen MR) is 58.1 cm³/mol. The van der Waals surface area contributed by atoms with Crippen LogP contribution in [0.4, 0.5) is 18.9 Å². The molecular formula is C11H12F3N3O2. The Balaban J connectivity index is 1.80. The van der Waals surface area contributed by atoms with E-state index in [0.717, 1.165) is 0 Å². The molecule has 4 unspecified atom stereocenters. The molecule has 19 heavy (non-hydrogen) atoms. The molecule has 2 fully saturated rings. The van der Waals surface area contributed by atoms with E-state index in [2.05, 4.69) is 15.5 Å². The second-order valence-corrected chi connectivity index (χ2v) is 4.86. The van der Waals surface area contributed by atoms with Crippen LogP contribution in [0.15, 0.2) is 12.4 Å². The first kappa shape index (κ1) is 12.5. The van der Waals surface area contributed by atoms with E-state index in [9.17, 15) is 18.0 Å². The van der Waals surface area contributed by atoms with E-state index in [1.54, 1.807) is 0 Å². The Bertz CT molecular complexity index is 474. The highest BCUT2D eigenvalue weighted by Gasteiger charge is 2.62. The summed E-state index contributed by atoms with van der Waals surface area (Å²) in [6.45, 7) is 0. The summed E-state index contributed by atoms with van der Waals surface area (Å²) in [6.07, 6.45) is -2.32. The van der Waals surface area contributed by atoms with Crippen molar-refractivity contribution >= 4 is 11.6 Å². The molecule has 3 rings (SSSR count). The van der Waals surface area contributed by atoms with E-state index >= 15 is 0 Å². The highest BCUT2D eigenvalue weighted by atomic mass is 19.4. The second-order valence-electron chi connectivity index (χ2n) is 4.86. The zero-order chi connectivity index (χ0) is 13.6. The number of rotatable bonds is 2. The monoisotopic (exact) mass is 275 g/mol. The van der Waals surface area contributed by atoms with E-state index in [0.29, 0.717) is 18.5 Å². The summed E-state index contributed by atoms with van der Waals surface area (Å²) in [4.78, 5) is 12.0. The van der Waals surface area contributed by atoms with E-state index in [4.69, 9.17) is 4.74 Å². The van der Waals surface area contributed by atoms with Crippen LogP contribution < -0.4 is 5.32 Å². The quantitative estimate of drug-likeness (QED) is 0.863. The average Bonchev–Trinajstić information content (AvgIpc) is 3.02. The lowest BCUT2D eigenvalue weighted by Gasteiger charge is -2.28. The van der Waals surface area contributed by atoms with Crippen molar-refractivity contribution in [1.82, 2.24) is 10.2 Å². The fourth-order valence-electron chi connectivity index (χ4n) is 2.97. The first-order chi connectivity index (χ1) is 8.97. The van der Waals surface area contributed by atoms with Crippen LogP contribution >= 0.6 is 0 Å². The molecule has 8 heteroatoms. The van der Waals surface area contributed by atoms with Crippen LogP contribution in [-0.4, -0.2) is 34.5 Å². The van der Waals surface area contributed by atoms with Gasteiger partial charge in [-0.2, -0.15) is 18.3 Å². The summed E-state index contributed by atoms with van der Waals surface area (Å²) < 4.78 is 44.3. The molecule has 1 amide bonds. The molecule has 2 bridgehead atoms. The van der Waals surface area contributed by atoms with Crippen LogP contribution in [0.2, 0.25) is 0 Å². The molecule has 1 aromatic heterocycles. The fourth-order valence-corrected chi connectivity index (χ4v) is 2.97. The van der Waals surface area contributed by atoms with Gasteiger partial charge in [0.25, 0.3) is 0 Å². The Morgan fingerprint density at radius 2 is 2.16 bits per heavy atom. The third-order valence-electron chi connectivity index (χ3n) is 3.72. The number of carbonyl (C=O) groups excluding carboxylic acids is 1. The molecule has 0 saturated carbocycles. The fraction of sp³-hybridized carbons (Fsp3) is 0.636. The van der Waals surface area contributed by atoms with Crippen LogP contribution in [0.1, 0.15) is 12.8 Å². The van der Waals surface area contributed by atoms with Crippen molar-refractivity contribution in [2.75, 3.05) is 5.32 Å². The van der Waals surface area contributed by atoms with Gasteiger partial charge in [0.05, 0.1) is 35.9 Å². The lowest BCUT2D eigenvalue weighted by Crippen LogP contribution is -2.44. The molecule has 2 aliphatic heterocycles. The summed E-state index contributed by atoms with van der Waals surface area (Å²) in [7, 11) is 0. The number of hydrogen-bond acceptors (Lipinski definition) is 3. The van der Waals surface area contributed by atoms with Gasteiger partial charge in [-0.25, -0.2) is 0 Å². The van der Waals surface area contributed by atoms with Crippen LogP contribution in [0, 0.1) is 11.8 Å². The molecule has 3 heterocycles. The number of amides is 1. The number of nitrogens with zero attached hydrogens (tertiary/aromatic N) is 1. The molecule has 0 spiro atoms. The van der Waals surface area contributed by atoms with E-state index in [1.165, 1.54) is 12.4 Å². The van der Waals surface area contributed by atoms with Crippen LogP contribution in [0.5, 0.6) is 0 Å². The molecule has 2 aliphatic rings. The van der Waals surface area contributed by atoms with Crippen molar-refractivity contribution in [2.24, 2.45) is 11.8 Å². The van der Waals surface area contributed by atoms with Crippen LogP contribution in [0.25, 0.3) is 0 Å². The number of aromatic amines is 1. The predicted octanol–water partition coefficient (Wildman–Crippen LogP) is 1.70. The van der Waals surface area contributed by atoms with Crippen LogP contribution in [0.3, 0.4) is 0 Å². The Labute approximate surface area is 106 Å². The third kappa shape index (κ3) is 2.09. The SMILES string of the molecule is O=C(Nc1cn[nH]c1)C1C2CCC(O2)C1C(F)(F)F. The molecule has 0 aromatic carbocycles. The maximum absolute atomic E-state index is 13.0. The number of hydrogen-bond donors (Lipinski definition) is 2. The second kappa shape index (κ2) is 4.22. The number of alkyl halides is 3. The normalized spacial score (nSPS) is 33.6. The lowest BCUT2D eigenvalue weighted by molar-refractivity contribution is -0.196. The van der Waals surface area contributed by atoms with Gasteiger partial charge in [0, 0.05) is 6.20 Å². The lowest BCUT2D eigenvalue weighted by atomic mass is 9.78. The van der Waals surface area contributed by atoms with E-state index in [-0.39, 0.29) is 0 Å². The molecule has 0 radical (unpaired) electrons. The van der Waals surface area contributed by atoms with Crippen molar-refractivity contribution in [2.45, 2.75) is 31.2 Å². The van der Waals surface area contributed by atoms with Gasteiger partial charge in [0.1, 0.15) is 0 Å². The molecule has 5 nitrogen and oxygen atoms in total. The first-order valence-electron chi connectivity index (χ1n) is 5.98. The zero-order valence-corrected chi connectivity index (χ0v) is 9.78. The standard InChI is InChI=1S/C11H12F3N3O2/c12-11(13,14)9-7-2-1-6(19-7)8(9)10(18)17-5-3-15-16-4-5/h3-4,6-9H,1-2H2,(H,15,16)(H,17,18). The van der Waals surface area contributed by atoms with Gasteiger partial charge in [0.2, 0.25) is 5.91 Å². The smallest absolute Gasteiger partial charge is 0.373 e. The number of anilines is 1. The molecule has 104 valence electrons. The number of carbonyl (C=O) groups is 1. The molecule has 2 N–H and O–H groups in total. The Morgan fingerprint density at radius 3 is 2.79 bits per heavy atom. The summed E-state index contributed by atoms with van der Waals surface area (Å²) >= 11 is 0. The Morgan fingerprint density at radius 1 is 1.42 bits per heavy atom. The molecule has 2 saturated heterocycles. The van der Waals surface area contributed by atoms with Gasteiger partial charge >= 0.3 is 6.18 Å². The molecule has 4 atom stereocenters. The Kier molecular flexibility index (Phi) is 2.77. The van der Waals surface area contributed by atoms with Crippen molar-refractivity contribution < 1.29 is 22.7 Å². The number of fused-ring (bicyclic) bond motifs is 2. The van der Waals surface area contributed by atoms with Crippen molar-refractivity contribution in [1.29, 1.82) is 0 Å². The van der Waals surface area contributed by atoms with Gasteiger partial charge in [0.15, 0.2) is 0 Å².